The van der Waals surface area contributed by atoms with Gasteiger partial charge < -0.3 is 24.4 Å². The minimum Gasteiger partial charge on any atom is -0.772 e. The van der Waals surface area contributed by atoms with Gasteiger partial charge in [-0.15, -0.1) is 0 Å². The standard InChI is InChI=1S/C18H27NO7S/c1-13(20)25-12-15(21)9-16(27(23)24)10-18(2,3)19-17(22)26-11-14-7-5-4-6-8-14/h4-8,15-16,21H,9-12H2,1-3H3,(H,19,22)(H,23,24)/p-1. The van der Waals surface area contributed by atoms with E-state index in [2.05, 4.69) is 10.1 Å². The Kier molecular flexibility index (Phi) is 9.40. The Morgan fingerprint density at radius 3 is 2.44 bits per heavy atom. The molecule has 0 radical (unpaired) electrons. The van der Waals surface area contributed by atoms with Crippen LogP contribution in [-0.2, 0) is 32.0 Å². The van der Waals surface area contributed by atoms with Crippen molar-refractivity contribution in [2.24, 2.45) is 0 Å². The van der Waals surface area contributed by atoms with Gasteiger partial charge >= 0.3 is 12.1 Å². The van der Waals surface area contributed by atoms with Crippen LogP contribution in [0, 0.1) is 0 Å². The first-order valence-electron chi connectivity index (χ1n) is 8.47. The molecule has 9 heteroatoms. The zero-order chi connectivity index (χ0) is 20.4. The highest BCUT2D eigenvalue weighted by molar-refractivity contribution is 7.79. The van der Waals surface area contributed by atoms with Crippen LogP contribution < -0.4 is 5.32 Å². The molecule has 3 atom stereocenters. The predicted molar refractivity (Wildman–Crippen MR) is 98.4 cm³/mol. The number of carbonyl (C=O) groups excluding carboxylic acids is 2. The average molecular weight is 400 g/mol. The van der Waals surface area contributed by atoms with Gasteiger partial charge in [-0.25, -0.2) is 4.79 Å². The Labute approximate surface area is 161 Å². The molecule has 0 spiro atoms. The largest absolute Gasteiger partial charge is 0.772 e. The summed E-state index contributed by atoms with van der Waals surface area (Å²) in [6.07, 6.45) is -1.84. The lowest BCUT2D eigenvalue weighted by molar-refractivity contribution is -0.144. The first kappa shape index (κ1) is 23.1. The minimum absolute atomic E-state index is 0.0562. The Morgan fingerprint density at radius 2 is 1.89 bits per heavy atom. The molecule has 0 fully saturated rings. The maximum Gasteiger partial charge on any atom is 0.407 e. The molecular weight excluding hydrogens is 374 g/mol. The Bertz CT molecular complexity index is 636. The third-order valence-electron chi connectivity index (χ3n) is 3.68. The number of benzene rings is 1. The van der Waals surface area contributed by atoms with E-state index < -0.39 is 40.0 Å². The molecule has 152 valence electrons. The predicted octanol–water partition coefficient (Wildman–Crippen LogP) is 1.64. The Morgan fingerprint density at radius 1 is 1.26 bits per heavy atom. The topological polar surface area (TPSA) is 125 Å². The van der Waals surface area contributed by atoms with Crippen molar-refractivity contribution >= 4 is 23.1 Å². The van der Waals surface area contributed by atoms with E-state index in [0.717, 1.165) is 5.56 Å². The fourth-order valence-electron chi connectivity index (χ4n) is 2.47. The van der Waals surface area contributed by atoms with Crippen molar-refractivity contribution in [1.29, 1.82) is 0 Å². The van der Waals surface area contributed by atoms with Crippen molar-refractivity contribution in [3.05, 3.63) is 35.9 Å². The number of hydrogen-bond acceptors (Lipinski definition) is 7. The summed E-state index contributed by atoms with van der Waals surface area (Å²) in [5.41, 5.74) is -0.0581. The number of amides is 1. The molecule has 0 saturated heterocycles. The van der Waals surface area contributed by atoms with E-state index in [1.165, 1.54) is 6.92 Å². The van der Waals surface area contributed by atoms with Crippen LogP contribution in [0.4, 0.5) is 4.79 Å². The van der Waals surface area contributed by atoms with Crippen molar-refractivity contribution in [1.82, 2.24) is 5.32 Å². The van der Waals surface area contributed by atoms with E-state index in [-0.39, 0.29) is 26.1 Å². The lowest BCUT2D eigenvalue weighted by Gasteiger charge is -2.32. The van der Waals surface area contributed by atoms with Crippen molar-refractivity contribution in [2.75, 3.05) is 6.61 Å². The maximum absolute atomic E-state index is 12.0. The summed E-state index contributed by atoms with van der Waals surface area (Å²) >= 11 is -2.48. The molecule has 0 aliphatic rings. The van der Waals surface area contributed by atoms with Gasteiger partial charge in [-0.05, 0) is 32.3 Å². The van der Waals surface area contributed by atoms with Crippen molar-refractivity contribution in [2.45, 2.75) is 57.1 Å². The van der Waals surface area contributed by atoms with E-state index in [0.29, 0.717) is 0 Å². The summed E-state index contributed by atoms with van der Waals surface area (Å²) in [5, 5.41) is 11.5. The maximum atomic E-state index is 12.0. The van der Waals surface area contributed by atoms with Gasteiger partial charge in [-0.3, -0.25) is 9.00 Å². The van der Waals surface area contributed by atoms with Crippen LogP contribution in [0.1, 0.15) is 39.2 Å². The molecule has 1 rings (SSSR count). The normalized spacial score (nSPS) is 14.7. The highest BCUT2D eigenvalue weighted by Gasteiger charge is 2.28. The van der Waals surface area contributed by atoms with Crippen LogP contribution in [0.25, 0.3) is 0 Å². The molecule has 1 aromatic carbocycles. The van der Waals surface area contributed by atoms with E-state index in [9.17, 15) is 23.5 Å². The quantitative estimate of drug-likeness (QED) is 0.452. The van der Waals surface area contributed by atoms with Gasteiger partial charge in [0.1, 0.15) is 13.2 Å². The second-order valence-electron chi connectivity index (χ2n) is 6.85. The molecule has 1 amide bonds. The number of esters is 1. The van der Waals surface area contributed by atoms with Gasteiger partial charge in [0, 0.05) is 17.7 Å². The van der Waals surface area contributed by atoms with Gasteiger partial charge in [-0.1, -0.05) is 41.4 Å². The first-order valence-corrected chi connectivity index (χ1v) is 9.61. The summed E-state index contributed by atoms with van der Waals surface area (Å²) in [5.74, 6) is -0.558. The zero-order valence-electron chi connectivity index (χ0n) is 15.7. The van der Waals surface area contributed by atoms with Gasteiger partial charge in [0.05, 0.1) is 6.10 Å². The molecule has 3 unspecified atom stereocenters. The smallest absolute Gasteiger partial charge is 0.407 e. The SMILES string of the molecule is CC(=O)OCC(O)CC(CC(C)(C)NC(=O)OCc1ccccc1)S(=O)[O-]. The third-order valence-corrected chi connectivity index (χ3v) is 4.58. The summed E-state index contributed by atoms with van der Waals surface area (Å²) in [6.45, 7) is 4.34. The summed E-state index contributed by atoms with van der Waals surface area (Å²) in [4.78, 5) is 22.8. The molecule has 8 nitrogen and oxygen atoms in total. The van der Waals surface area contributed by atoms with Crippen LogP contribution in [0.2, 0.25) is 0 Å². The second-order valence-corrected chi connectivity index (χ2v) is 8.04. The number of aliphatic hydroxyl groups is 1. The van der Waals surface area contributed by atoms with Crippen LogP contribution in [0.15, 0.2) is 30.3 Å². The number of rotatable bonds is 10. The molecule has 0 aromatic heterocycles. The fourth-order valence-corrected chi connectivity index (χ4v) is 3.40. The zero-order valence-corrected chi connectivity index (χ0v) is 16.5. The molecule has 0 heterocycles. The number of ether oxygens (including phenoxy) is 2. The molecule has 0 bridgehead atoms. The van der Waals surface area contributed by atoms with Crippen molar-refractivity contribution in [3.63, 3.8) is 0 Å². The third kappa shape index (κ3) is 10.1. The lowest BCUT2D eigenvalue weighted by Crippen LogP contribution is -2.47. The van der Waals surface area contributed by atoms with Crippen LogP contribution >= 0.6 is 0 Å². The van der Waals surface area contributed by atoms with Crippen LogP contribution in [0.3, 0.4) is 0 Å². The van der Waals surface area contributed by atoms with Crippen LogP contribution in [-0.4, -0.2) is 49.4 Å². The molecule has 1 aromatic rings. The molecular formula is C18H26NO7S-. The molecule has 0 saturated carbocycles. The van der Waals surface area contributed by atoms with Gasteiger partial charge in [0.2, 0.25) is 0 Å². The Hall–Kier alpha value is -1.97. The number of aliphatic hydroxyl groups excluding tert-OH is 1. The van der Waals surface area contributed by atoms with E-state index in [1.807, 2.05) is 30.3 Å². The summed E-state index contributed by atoms with van der Waals surface area (Å²) in [6, 6.07) is 9.15. The second kappa shape index (κ2) is 11.0. The van der Waals surface area contributed by atoms with Crippen LogP contribution in [0.5, 0.6) is 0 Å². The summed E-state index contributed by atoms with van der Waals surface area (Å²) in [7, 11) is 0. The van der Waals surface area contributed by atoms with Gasteiger partial charge in [-0.2, -0.15) is 0 Å². The van der Waals surface area contributed by atoms with Crippen molar-refractivity contribution < 1.29 is 32.9 Å². The van der Waals surface area contributed by atoms with Gasteiger partial charge in [0.25, 0.3) is 0 Å². The molecule has 0 aliphatic heterocycles. The first-order chi connectivity index (χ1) is 12.6. The minimum atomic E-state index is -2.48. The average Bonchev–Trinajstić information content (AvgIpc) is 2.57. The lowest BCUT2D eigenvalue weighted by atomic mass is 9.96. The fraction of sp³-hybridized carbons (Fsp3) is 0.556. The molecule has 0 aliphatic carbocycles. The molecule has 2 N–H and O–H groups in total. The van der Waals surface area contributed by atoms with E-state index >= 15 is 0 Å². The number of hydrogen-bond donors (Lipinski definition) is 2. The van der Waals surface area contributed by atoms with Gasteiger partial charge in [0.15, 0.2) is 0 Å². The molecule has 27 heavy (non-hydrogen) atoms. The highest BCUT2D eigenvalue weighted by Crippen LogP contribution is 2.19. The highest BCUT2D eigenvalue weighted by atomic mass is 32.2. The number of nitrogens with one attached hydrogen (secondary N) is 1. The number of alkyl carbamates (subject to hydrolysis) is 1. The number of carbonyl (C=O) groups is 2. The monoisotopic (exact) mass is 400 g/mol. The summed E-state index contributed by atoms with van der Waals surface area (Å²) < 4.78 is 32.8. The Balaban J connectivity index is 2.53. The van der Waals surface area contributed by atoms with E-state index in [1.54, 1.807) is 13.8 Å². The van der Waals surface area contributed by atoms with E-state index in [4.69, 9.17) is 4.74 Å². The van der Waals surface area contributed by atoms with Crippen molar-refractivity contribution in [3.8, 4) is 0 Å².